The average Bonchev–Trinajstić information content (AvgIpc) is 2.69. The van der Waals surface area contributed by atoms with Gasteiger partial charge in [0.2, 0.25) is 0 Å². The second-order valence-electron chi connectivity index (χ2n) is 3.30. The normalized spacial score (nSPS) is 10.6. The Morgan fingerprint density at radius 1 is 1.25 bits per heavy atom. The van der Waals surface area contributed by atoms with Crippen LogP contribution >= 0.6 is 11.3 Å². The van der Waals surface area contributed by atoms with Gasteiger partial charge in [-0.1, -0.05) is 30.3 Å². The Morgan fingerprint density at radius 3 is 2.69 bits per heavy atom. The van der Waals surface area contributed by atoms with Crippen molar-refractivity contribution in [3.63, 3.8) is 0 Å². The largest absolute Gasteiger partial charge is 0.241 e. The molecule has 84 valence electrons. The van der Waals surface area contributed by atoms with Crippen LogP contribution in [0, 0.1) is 6.92 Å². The first kappa shape index (κ1) is 11.3. The van der Waals surface area contributed by atoms with Gasteiger partial charge in [0.25, 0.3) is 0 Å². The molecular formula is C12H13NO2S. The van der Waals surface area contributed by atoms with Crippen molar-refractivity contribution in [1.82, 2.24) is 4.98 Å². The molecular weight excluding hydrogens is 222 g/mol. The number of aromatic nitrogens is 1. The van der Waals surface area contributed by atoms with Crippen LogP contribution in [-0.4, -0.2) is 12.1 Å². The van der Waals surface area contributed by atoms with Gasteiger partial charge in [0.05, 0.1) is 22.7 Å². The number of nitrogens with zero attached hydrogens (tertiary/aromatic N) is 1. The molecule has 1 aromatic carbocycles. The van der Waals surface area contributed by atoms with Crippen LogP contribution in [0.15, 0.2) is 30.3 Å². The summed E-state index contributed by atoms with van der Waals surface area (Å²) in [5.41, 5.74) is 2.10. The van der Waals surface area contributed by atoms with E-state index in [0.29, 0.717) is 6.61 Å². The Bertz CT molecular complexity index is 453. The molecule has 0 atom stereocenters. The summed E-state index contributed by atoms with van der Waals surface area (Å²) < 4.78 is 0. The molecule has 0 N–H and O–H groups in total. The van der Waals surface area contributed by atoms with Gasteiger partial charge in [-0.05, 0) is 6.92 Å². The van der Waals surface area contributed by atoms with Crippen LogP contribution in [0.2, 0.25) is 0 Å². The van der Waals surface area contributed by atoms with Gasteiger partial charge < -0.3 is 0 Å². The molecule has 0 saturated carbocycles. The first-order valence-electron chi connectivity index (χ1n) is 4.98. The zero-order valence-electron chi connectivity index (χ0n) is 9.27. The minimum Gasteiger partial charge on any atom is -0.241 e. The molecule has 0 saturated heterocycles. The lowest BCUT2D eigenvalue weighted by molar-refractivity contribution is -0.281. The van der Waals surface area contributed by atoms with Gasteiger partial charge in [-0.25, -0.2) is 14.8 Å². The summed E-state index contributed by atoms with van der Waals surface area (Å²) in [4.78, 5) is 15.2. The fourth-order valence-electron chi connectivity index (χ4n) is 1.50. The third-order valence-corrected chi connectivity index (χ3v) is 3.10. The van der Waals surface area contributed by atoms with Crippen LogP contribution in [0.5, 0.6) is 0 Å². The molecule has 0 fully saturated rings. The van der Waals surface area contributed by atoms with E-state index in [1.54, 1.807) is 11.3 Å². The number of hydrogen-bond donors (Lipinski definition) is 0. The van der Waals surface area contributed by atoms with Gasteiger partial charge in [-0.3, -0.25) is 0 Å². The Kier molecular flexibility index (Phi) is 3.66. The number of aryl methyl sites for hydroxylation is 1. The Labute approximate surface area is 98.6 Å². The lowest BCUT2D eigenvalue weighted by Gasteiger charge is -2.01. The molecule has 16 heavy (non-hydrogen) atoms. The molecule has 0 aliphatic heterocycles. The van der Waals surface area contributed by atoms with Crippen LogP contribution in [0.4, 0.5) is 0 Å². The fourth-order valence-corrected chi connectivity index (χ4v) is 2.36. The minimum atomic E-state index is 0.437. The van der Waals surface area contributed by atoms with E-state index in [2.05, 4.69) is 9.87 Å². The Morgan fingerprint density at radius 2 is 2.00 bits per heavy atom. The highest BCUT2D eigenvalue weighted by Gasteiger charge is 2.11. The Balaban J connectivity index is 2.33. The van der Waals surface area contributed by atoms with Crippen molar-refractivity contribution >= 4 is 11.3 Å². The number of rotatable bonds is 4. The summed E-state index contributed by atoms with van der Waals surface area (Å²) in [6, 6.07) is 10.1. The van der Waals surface area contributed by atoms with E-state index in [1.165, 1.54) is 7.11 Å². The topological polar surface area (TPSA) is 31.4 Å². The monoisotopic (exact) mass is 235 g/mol. The molecule has 1 aromatic heterocycles. The van der Waals surface area contributed by atoms with Gasteiger partial charge in [-0.2, -0.15) is 0 Å². The number of benzene rings is 1. The van der Waals surface area contributed by atoms with Crippen LogP contribution in [0.25, 0.3) is 11.3 Å². The van der Waals surface area contributed by atoms with Crippen LogP contribution in [-0.2, 0) is 16.4 Å². The summed E-state index contributed by atoms with van der Waals surface area (Å²) in [7, 11) is 1.51. The van der Waals surface area contributed by atoms with Gasteiger partial charge in [-0.15, -0.1) is 11.3 Å². The van der Waals surface area contributed by atoms with E-state index >= 15 is 0 Å². The van der Waals surface area contributed by atoms with E-state index in [9.17, 15) is 0 Å². The van der Waals surface area contributed by atoms with Gasteiger partial charge in [0.15, 0.2) is 0 Å². The smallest absolute Gasteiger partial charge is 0.119 e. The molecule has 0 unspecified atom stereocenters. The molecule has 3 nitrogen and oxygen atoms in total. The number of hydrogen-bond acceptors (Lipinski definition) is 4. The van der Waals surface area contributed by atoms with E-state index < -0.39 is 0 Å². The third-order valence-electron chi connectivity index (χ3n) is 2.16. The minimum absolute atomic E-state index is 0.437. The summed E-state index contributed by atoms with van der Waals surface area (Å²) in [6.07, 6.45) is 0. The molecule has 2 aromatic rings. The lowest BCUT2D eigenvalue weighted by Crippen LogP contribution is -1.91. The molecule has 0 aliphatic carbocycles. The first-order chi connectivity index (χ1) is 7.81. The molecule has 2 rings (SSSR count). The SMILES string of the molecule is COOCc1sc(C)nc1-c1ccccc1. The van der Waals surface area contributed by atoms with Crippen molar-refractivity contribution in [2.45, 2.75) is 13.5 Å². The van der Waals surface area contributed by atoms with Crippen molar-refractivity contribution in [3.8, 4) is 11.3 Å². The van der Waals surface area contributed by atoms with Gasteiger partial charge in [0.1, 0.15) is 6.61 Å². The van der Waals surface area contributed by atoms with E-state index in [0.717, 1.165) is 21.1 Å². The maximum Gasteiger partial charge on any atom is 0.119 e. The molecule has 0 amide bonds. The zero-order valence-corrected chi connectivity index (χ0v) is 10.1. The maximum atomic E-state index is 4.97. The average molecular weight is 235 g/mol. The van der Waals surface area contributed by atoms with Crippen molar-refractivity contribution < 1.29 is 9.78 Å². The third kappa shape index (κ3) is 2.47. The van der Waals surface area contributed by atoms with E-state index in [-0.39, 0.29) is 0 Å². The zero-order chi connectivity index (χ0) is 11.4. The Hall–Kier alpha value is -1.23. The molecule has 0 aliphatic rings. The predicted octanol–water partition coefficient (Wildman–Crippen LogP) is 3.20. The molecule has 1 heterocycles. The van der Waals surface area contributed by atoms with E-state index in [1.807, 2.05) is 37.3 Å². The fraction of sp³-hybridized carbons (Fsp3) is 0.250. The summed E-state index contributed by atoms with van der Waals surface area (Å²) >= 11 is 1.63. The van der Waals surface area contributed by atoms with Crippen molar-refractivity contribution in [2.24, 2.45) is 0 Å². The van der Waals surface area contributed by atoms with Crippen molar-refractivity contribution in [1.29, 1.82) is 0 Å². The van der Waals surface area contributed by atoms with Crippen LogP contribution < -0.4 is 0 Å². The molecule has 4 heteroatoms. The van der Waals surface area contributed by atoms with Crippen molar-refractivity contribution in [3.05, 3.63) is 40.2 Å². The maximum absolute atomic E-state index is 4.97. The molecule has 0 bridgehead atoms. The lowest BCUT2D eigenvalue weighted by atomic mass is 10.1. The highest BCUT2D eigenvalue weighted by Crippen LogP contribution is 2.28. The summed E-state index contributed by atoms with van der Waals surface area (Å²) in [5, 5.41) is 1.04. The molecule has 0 spiro atoms. The van der Waals surface area contributed by atoms with Crippen LogP contribution in [0.1, 0.15) is 9.88 Å². The summed E-state index contributed by atoms with van der Waals surface area (Å²) in [5.74, 6) is 0. The van der Waals surface area contributed by atoms with Crippen LogP contribution in [0.3, 0.4) is 0 Å². The van der Waals surface area contributed by atoms with Gasteiger partial charge in [0, 0.05) is 5.56 Å². The number of thiazole rings is 1. The quantitative estimate of drug-likeness (QED) is 0.602. The molecule has 0 radical (unpaired) electrons. The standard InChI is InChI=1S/C12H13NO2S/c1-9-13-12(10-6-4-3-5-7-10)11(16-9)8-15-14-2/h3-7H,8H2,1-2H3. The second-order valence-corrected chi connectivity index (χ2v) is 4.59. The highest BCUT2D eigenvalue weighted by molar-refractivity contribution is 7.12. The second kappa shape index (κ2) is 5.21. The van der Waals surface area contributed by atoms with Crippen molar-refractivity contribution in [2.75, 3.05) is 7.11 Å². The first-order valence-corrected chi connectivity index (χ1v) is 5.80. The predicted molar refractivity (Wildman–Crippen MR) is 64.1 cm³/mol. The van der Waals surface area contributed by atoms with Gasteiger partial charge >= 0.3 is 0 Å². The summed E-state index contributed by atoms with van der Waals surface area (Å²) in [6.45, 7) is 2.43. The van der Waals surface area contributed by atoms with E-state index in [4.69, 9.17) is 4.89 Å². The highest BCUT2D eigenvalue weighted by atomic mass is 32.1.